The molecular weight excluding hydrogens is 484 g/mol. The fraction of sp³-hybridized carbons (Fsp3) is 0.238. The Morgan fingerprint density at radius 3 is 2.72 bits per heavy atom. The highest BCUT2D eigenvalue weighted by atomic mass is 79.9. The number of aryl methyl sites for hydroxylation is 1. The zero-order valence-corrected chi connectivity index (χ0v) is 19.1. The normalized spacial score (nSPS) is 11.1. The molecule has 0 fully saturated rings. The Morgan fingerprint density at radius 1 is 1.34 bits per heavy atom. The molecule has 0 spiro atoms. The molecule has 0 saturated carbocycles. The molecule has 11 heteroatoms. The monoisotopic (exact) mass is 502 g/mol. The quantitative estimate of drug-likeness (QED) is 0.158. The lowest BCUT2D eigenvalue weighted by Gasteiger charge is -2.10. The van der Waals surface area contributed by atoms with Gasteiger partial charge in [0.25, 0.3) is 5.56 Å². The summed E-state index contributed by atoms with van der Waals surface area (Å²) in [5, 5.41) is 16.2. The molecule has 2 aromatic carbocycles. The highest BCUT2D eigenvalue weighted by Crippen LogP contribution is 2.38. The summed E-state index contributed by atoms with van der Waals surface area (Å²) >= 11 is 3.35. The largest absolute Gasteiger partial charge is 0.493 e. The molecule has 1 heterocycles. The van der Waals surface area contributed by atoms with Gasteiger partial charge in [0.1, 0.15) is 5.82 Å². The number of carbonyl (C=O) groups is 1. The summed E-state index contributed by atoms with van der Waals surface area (Å²) in [6, 6.07) is 7.81. The van der Waals surface area contributed by atoms with Crippen LogP contribution < -0.4 is 15.0 Å². The third-order valence-electron chi connectivity index (χ3n) is 4.39. The van der Waals surface area contributed by atoms with Gasteiger partial charge in [0.05, 0.1) is 29.2 Å². The summed E-state index contributed by atoms with van der Waals surface area (Å²) in [6.07, 6.45) is 2.53. The lowest BCUT2D eigenvalue weighted by Crippen LogP contribution is -2.22. The average Bonchev–Trinajstić information content (AvgIpc) is 2.74. The lowest BCUT2D eigenvalue weighted by molar-refractivity contribution is -0.385. The van der Waals surface area contributed by atoms with E-state index in [0.717, 1.165) is 17.8 Å². The summed E-state index contributed by atoms with van der Waals surface area (Å²) in [4.78, 5) is 39.8. The van der Waals surface area contributed by atoms with Crippen LogP contribution in [-0.4, -0.2) is 33.9 Å². The van der Waals surface area contributed by atoms with Crippen LogP contribution in [0.15, 0.2) is 44.7 Å². The molecule has 0 atom stereocenters. The zero-order chi connectivity index (χ0) is 23.4. The van der Waals surface area contributed by atoms with E-state index in [1.165, 1.54) is 30.1 Å². The third kappa shape index (κ3) is 4.83. The van der Waals surface area contributed by atoms with Crippen molar-refractivity contribution >= 4 is 44.7 Å². The minimum Gasteiger partial charge on any atom is -0.493 e. The van der Waals surface area contributed by atoms with E-state index in [1.54, 1.807) is 18.2 Å². The van der Waals surface area contributed by atoms with Crippen LogP contribution in [0.3, 0.4) is 0 Å². The number of ether oxygens (including phenoxy) is 2. The van der Waals surface area contributed by atoms with Crippen LogP contribution in [0.4, 0.5) is 5.69 Å². The molecule has 1 aromatic heterocycles. The van der Waals surface area contributed by atoms with Crippen molar-refractivity contribution in [2.45, 2.75) is 26.7 Å². The Morgan fingerprint density at radius 2 is 2.09 bits per heavy atom. The van der Waals surface area contributed by atoms with Crippen LogP contribution in [0.2, 0.25) is 0 Å². The molecular formula is C21H19BrN4O6. The molecule has 10 nitrogen and oxygen atoms in total. The van der Waals surface area contributed by atoms with Crippen molar-refractivity contribution in [2.75, 3.05) is 7.11 Å². The standard InChI is InChI=1S/C21H19BrN4O6/c1-4-5-19-24-16-7-6-14(22)10-15(16)21(28)25(19)23-11-13-8-17(26(29)30)20(32-12(2)27)18(9-13)31-3/h6-11H,4-5H2,1-3H3. The maximum atomic E-state index is 13.1. The molecule has 166 valence electrons. The van der Waals surface area contributed by atoms with Gasteiger partial charge in [0.15, 0.2) is 5.75 Å². The minimum atomic E-state index is -0.725. The van der Waals surface area contributed by atoms with Crippen LogP contribution in [0, 0.1) is 10.1 Å². The predicted molar refractivity (Wildman–Crippen MR) is 122 cm³/mol. The molecule has 0 radical (unpaired) electrons. The van der Waals surface area contributed by atoms with E-state index in [4.69, 9.17) is 9.47 Å². The Bertz CT molecular complexity index is 1300. The van der Waals surface area contributed by atoms with Crippen LogP contribution in [0.25, 0.3) is 10.9 Å². The molecule has 0 amide bonds. The average molecular weight is 503 g/mol. The fourth-order valence-corrected chi connectivity index (χ4v) is 3.40. The van der Waals surface area contributed by atoms with Gasteiger partial charge >= 0.3 is 11.7 Å². The second-order valence-electron chi connectivity index (χ2n) is 6.72. The maximum absolute atomic E-state index is 13.1. The Hall–Kier alpha value is -3.60. The number of esters is 1. The number of hydrogen-bond acceptors (Lipinski definition) is 8. The second kappa shape index (κ2) is 9.69. The van der Waals surface area contributed by atoms with E-state index in [9.17, 15) is 19.7 Å². The molecule has 0 saturated heterocycles. The van der Waals surface area contributed by atoms with Gasteiger partial charge in [-0.1, -0.05) is 22.9 Å². The number of nitro benzene ring substituents is 1. The predicted octanol–water partition coefficient (Wildman–Crippen LogP) is 3.84. The van der Waals surface area contributed by atoms with E-state index in [-0.39, 0.29) is 22.6 Å². The highest BCUT2D eigenvalue weighted by Gasteiger charge is 2.23. The number of fused-ring (bicyclic) bond motifs is 1. The van der Waals surface area contributed by atoms with Crippen molar-refractivity contribution in [2.24, 2.45) is 5.10 Å². The van der Waals surface area contributed by atoms with Crippen LogP contribution in [0.1, 0.15) is 31.7 Å². The van der Waals surface area contributed by atoms with Gasteiger partial charge in [-0.2, -0.15) is 9.78 Å². The number of nitro groups is 1. The van der Waals surface area contributed by atoms with E-state index in [2.05, 4.69) is 26.0 Å². The molecule has 0 bridgehead atoms. The first-order chi connectivity index (χ1) is 15.2. The molecule has 3 rings (SSSR count). The first-order valence-corrected chi connectivity index (χ1v) is 10.3. The van der Waals surface area contributed by atoms with Crippen molar-refractivity contribution < 1.29 is 19.2 Å². The van der Waals surface area contributed by atoms with Gasteiger partial charge in [-0.25, -0.2) is 4.98 Å². The van der Waals surface area contributed by atoms with Crippen molar-refractivity contribution in [1.29, 1.82) is 0 Å². The van der Waals surface area contributed by atoms with E-state index >= 15 is 0 Å². The van der Waals surface area contributed by atoms with Gasteiger partial charge < -0.3 is 9.47 Å². The Kier molecular flexibility index (Phi) is 6.98. The summed E-state index contributed by atoms with van der Waals surface area (Å²) in [7, 11) is 1.29. The van der Waals surface area contributed by atoms with Crippen LogP contribution in [-0.2, 0) is 11.2 Å². The number of rotatable bonds is 7. The third-order valence-corrected chi connectivity index (χ3v) is 4.88. The Labute approximate surface area is 190 Å². The number of halogens is 1. The van der Waals surface area contributed by atoms with Crippen LogP contribution in [0.5, 0.6) is 11.5 Å². The number of methoxy groups -OCH3 is 1. The molecule has 0 unspecified atom stereocenters. The number of hydrogen-bond donors (Lipinski definition) is 0. The van der Waals surface area contributed by atoms with Crippen molar-refractivity contribution in [1.82, 2.24) is 9.66 Å². The molecule has 0 aliphatic rings. The number of benzene rings is 2. The summed E-state index contributed by atoms with van der Waals surface area (Å²) in [6.45, 7) is 3.08. The molecule has 0 aliphatic carbocycles. The SMILES string of the molecule is CCCc1nc2ccc(Br)cc2c(=O)n1N=Cc1cc(OC)c(OC(C)=O)c([N+](=O)[O-])c1. The second-order valence-corrected chi connectivity index (χ2v) is 7.64. The minimum absolute atomic E-state index is 0.0162. The van der Waals surface area contributed by atoms with E-state index in [0.29, 0.717) is 23.1 Å². The van der Waals surface area contributed by atoms with Crippen LogP contribution >= 0.6 is 15.9 Å². The molecule has 0 aliphatic heterocycles. The maximum Gasteiger partial charge on any atom is 0.316 e. The highest BCUT2D eigenvalue weighted by molar-refractivity contribution is 9.10. The molecule has 32 heavy (non-hydrogen) atoms. The summed E-state index contributed by atoms with van der Waals surface area (Å²) in [5.74, 6) is -0.584. The van der Waals surface area contributed by atoms with E-state index < -0.39 is 16.6 Å². The fourth-order valence-electron chi connectivity index (χ4n) is 3.04. The van der Waals surface area contributed by atoms with E-state index in [1.807, 2.05) is 6.92 Å². The number of carbonyl (C=O) groups excluding carboxylic acids is 1. The smallest absolute Gasteiger partial charge is 0.316 e. The molecule has 0 N–H and O–H groups in total. The van der Waals surface area contributed by atoms with Crippen molar-refractivity contribution in [3.8, 4) is 11.5 Å². The van der Waals surface area contributed by atoms with Gasteiger partial charge in [0, 0.05) is 29.4 Å². The number of aromatic nitrogens is 2. The topological polar surface area (TPSA) is 126 Å². The first-order valence-electron chi connectivity index (χ1n) is 9.55. The lowest BCUT2D eigenvalue weighted by atomic mass is 10.2. The summed E-state index contributed by atoms with van der Waals surface area (Å²) in [5.41, 5.74) is -0.0130. The van der Waals surface area contributed by atoms with Gasteiger partial charge in [-0.15, -0.1) is 0 Å². The van der Waals surface area contributed by atoms with Gasteiger partial charge in [0.2, 0.25) is 5.75 Å². The molecule has 3 aromatic rings. The first kappa shape index (κ1) is 23.1. The van der Waals surface area contributed by atoms with Crippen molar-refractivity contribution in [3.05, 3.63) is 66.7 Å². The van der Waals surface area contributed by atoms with Gasteiger partial charge in [-0.3, -0.25) is 19.7 Å². The Balaban J connectivity index is 2.16. The number of nitrogens with zero attached hydrogens (tertiary/aromatic N) is 4. The zero-order valence-electron chi connectivity index (χ0n) is 17.5. The van der Waals surface area contributed by atoms with Crippen molar-refractivity contribution in [3.63, 3.8) is 0 Å². The summed E-state index contributed by atoms with van der Waals surface area (Å²) < 4.78 is 12.0. The van der Waals surface area contributed by atoms with Gasteiger partial charge in [-0.05, 0) is 30.7 Å².